The molecule has 2 amide bonds. The summed E-state index contributed by atoms with van der Waals surface area (Å²) in [6.07, 6.45) is 0.279. The lowest BCUT2D eigenvalue weighted by molar-refractivity contribution is -0.141. The number of benzene rings is 3. The van der Waals surface area contributed by atoms with E-state index >= 15 is 0 Å². The molecule has 12 heteroatoms. The standard InChI is InChI=1S/C33H41Cl2N3O6S/c1-9-28(32(40)36-33(4,5)6)37(19-23-10-12-26(34)27(35)17-23)31(39)20-38(24-15-21(2)14-22(3)16-24)45(41,42)25-11-13-29(43-7)30(18-25)44-8/h10-18,28H,9,19-20H2,1-8H3,(H,36,40)/t28-/m0/s1. The van der Waals surface area contributed by atoms with Crippen LogP contribution in [0.2, 0.25) is 10.0 Å². The van der Waals surface area contributed by atoms with Gasteiger partial charge in [-0.1, -0.05) is 42.3 Å². The van der Waals surface area contributed by atoms with Crippen LogP contribution in [0.3, 0.4) is 0 Å². The number of nitrogens with zero attached hydrogens (tertiary/aromatic N) is 2. The normalized spacial score (nSPS) is 12.3. The summed E-state index contributed by atoms with van der Waals surface area (Å²) in [5.74, 6) is -0.371. The highest BCUT2D eigenvalue weighted by Crippen LogP contribution is 2.33. The summed E-state index contributed by atoms with van der Waals surface area (Å²) >= 11 is 12.4. The minimum absolute atomic E-state index is 0.0110. The molecule has 1 atom stereocenters. The van der Waals surface area contributed by atoms with Crippen LogP contribution >= 0.6 is 23.2 Å². The number of aryl methyl sites for hydroxylation is 2. The summed E-state index contributed by atoms with van der Waals surface area (Å²) in [7, 11) is -1.47. The maximum absolute atomic E-state index is 14.4. The molecule has 0 unspecified atom stereocenters. The second kappa shape index (κ2) is 14.7. The minimum Gasteiger partial charge on any atom is -0.493 e. The number of anilines is 1. The molecule has 9 nitrogen and oxygen atoms in total. The van der Waals surface area contributed by atoms with Gasteiger partial charge in [-0.15, -0.1) is 0 Å². The van der Waals surface area contributed by atoms with E-state index in [0.29, 0.717) is 27.0 Å². The molecular weight excluding hydrogens is 637 g/mol. The summed E-state index contributed by atoms with van der Waals surface area (Å²) in [6, 6.07) is 13.6. The van der Waals surface area contributed by atoms with E-state index in [1.165, 1.54) is 37.3 Å². The average Bonchev–Trinajstić information content (AvgIpc) is 2.95. The number of amides is 2. The average molecular weight is 679 g/mol. The van der Waals surface area contributed by atoms with E-state index in [2.05, 4.69) is 5.32 Å². The number of hydrogen-bond acceptors (Lipinski definition) is 6. The van der Waals surface area contributed by atoms with Crippen molar-refractivity contribution >= 4 is 50.7 Å². The summed E-state index contributed by atoms with van der Waals surface area (Å²) < 4.78 is 40.4. The van der Waals surface area contributed by atoms with Gasteiger partial charge in [-0.25, -0.2) is 8.42 Å². The van der Waals surface area contributed by atoms with E-state index in [-0.39, 0.29) is 29.5 Å². The fraction of sp³-hybridized carbons (Fsp3) is 0.394. The zero-order valence-corrected chi connectivity index (χ0v) is 29.2. The first-order valence-electron chi connectivity index (χ1n) is 14.4. The SMILES string of the molecule is CC[C@@H](C(=O)NC(C)(C)C)N(Cc1ccc(Cl)c(Cl)c1)C(=O)CN(c1cc(C)cc(C)c1)S(=O)(=O)c1ccc(OC)c(OC)c1. The predicted octanol–water partition coefficient (Wildman–Crippen LogP) is 6.54. The first kappa shape index (κ1) is 36.0. The quantitative estimate of drug-likeness (QED) is 0.233. The van der Waals surface area contributed by atoms with E-state index in [4.69, 9.17) is 32.7 Å². The predicted molar refractivity (Wildman–Crippen MR) is 179 cm³/mol. The van der Waals surface area contributed by atoms with Crippen LogP contribution < -0.4 is 19.1 Å². The fourth-order valence-electron chi connectivity index (χ4n) is 4.93. The highest BCUT2D eigenvalue weighted by atomic mass is 35.5. The van der Waals surface area contributed by atoms with E-state index < -0.39 is 34.1 Å². The Morgan fingerprint density at radius 2 is 1.51 bits per heavy atom. The van der Waals surface area contributed by atoms with Gasteiger partial charge in [-0.2, -0.15) is 0 Å². The molecule has 3 rings (SSSR count). The topological polar surface area (TPSA) is 105 Å². The van der Waals surface area contributed by atoms with Crippen LogP contribution in [0.1, 0.15) is 50.8 Å². The molecule has 0 spiro atoms. The van der Waals surface area contributed by atoms with Crippen molar-refractivity contribution in [1.29, 1.82) is 0 Å². The van der Waals surface area contributed by atoms with Crippen molar-refractivity contribution in [3.8, 4) is 11.5 Å². The summed E-state index contributed by atoms with van der Waals surface area (Å²) in [5, 5.41) is 3.59. The summed E-state index contributed by atoms with van der Waals surface area (Å²) in [6.45, 7) is 10.4. The van der Waals surface area contributed by atoms with Crippen LogP contribution in [0.25, 0.3) is 0 Å². The Balaban J connectivity index is 2.16. The van der Waals surface area contributed by atoms with Crippen molar-refractivity contribution in [1.82, 2.24) is 10.2 Å². The van der Waals surface area contributed by atoms with Crippen LogP contribution in [0, 0.1) is 13.8 Å². The molecule has 1 N–H and O–H groups in total. The van der Waals surface area contributed by atoms with Gasteiger partial charge >= 0.3 is 0 Å². The van der Waals surface area contributed by atoms with Crippen LogP contribution in [-0.2, 0) is 26.2 Å². The minimum atomic E-state index is -4.33. The van der Waals surface area contributed by atoms with Gasteiger partial charge in [0.25, 0.3) is 10.0 Å². The molecule has 0 bridgehead atoms. The number of rotatable bonds is 12. The molecular formula is C33H41Cl2N3O6S. The number of methoxy groups -OCH3 is 2. The summed E-state index contributed by atoms with van der Waals surface area (Å²) in [4.78, 5) is 29.2. The maximum Gasteiger partial charge on any atom is 0.264 e. The van der Waals surface area contributed by atoms with Crippen molar-refractivity contribution in [3.05, 3.63) is 81.3 Å². The van der Waals surface area contributed by atoms with E-state index in [9.17, 15) is 18.0 Å². The molecule has 0 radical (unpaired) electrons. The largest absolute Gasteiger partial charge is 0.493 e. The third-order valence-corrected chi connectivity index (χ3v) is 9.45. The number of ether oxygens (including phenoxy) is 2. The zero-order chi connectivity index (χ0) is 33.7. The van der Waals surface area contributed by atoms with Crippen LogP contribution in [-0.4, -0.2) is 57.5 Å². The molecule has 244 valence electrons. The molecule has 0 heterocycles. The second-order valence-corrected chi connectivity index (χ2v) is 14.5. The van der Waals surface area contributed by atoms with E-state index in [1.807, 2.05) is 40.7 Å². The molecule has 45 heavy (non-hydrogen) atoms. The van der Waals surface area contributed by atoms with Crippen molar-refractivity contribution in [2.75, 3.05) is 25.1 Å². The number of carbonyl (C=O) groups excluding carboxylic acids is 2. The van der Waals surface area contributed by atoms with Crippen molar-refractivity contribution in [2.24, 2.45) is 0 Å². The van der Waals surface area contributed by atoms with Gasteiger partial charge in [0.1, 0.15) is 12.6 Å². The number of hydrogen-bond donors (Lipinski definition) is 1. The Bertz CT molecular complexity index is 1640. The number of carbonyl (C=O) groups is 2. The molecule has 0 aliphatic rings. The number of sulfonamides is 1. The Morgan fingerprint density at radius 1 is 0.889 bits per heavy atom. The molecule has 0 aliphatic heterocycles. The smallest absolute Gasteiger partial charge is 0.264 e. The Hall–Kier alpha value is -3.47. The van der Waals surface area contributed by atoms with Crippen molar-refractivity contribution < 1.29 is 27.5 Å². The molecule has 0 aliphatic carbocycles. The third kappa shape index (κ3) is 9.05. The zero-order valence-electron chi connectivity index (χ0n) is 26.9. The second-order valence-electron chi connectivity index (χ2n) is 11.8. The van der Waals surface area contributed by atoms with Gasteiger partial charge in [0.15, 0.2) is 11.5 Å². The van der Waals surface area contributed by atoms with Gasteiger partial charge < -0.3 is 19.7 Å². The monoisotopic (exact) mass is 677 g/mol. The number of halogens is 2. The molecule has 3 aromatic carbocycles. The highest BCUT2D eigenvalue weighted by Gasteiger charge is 2.35. The molecule has 0 saturated carbocycles. The molecule has 3 aromatic rings. The van der Waals surface area contributed by atoms with Gasteiger partial charge in [0.2, 0.25) is 11.8 Å². The van der Waals surface area contributed by atoms with Crippen LogP contribution in [0.5, 0.6) is 11.5 Å². The lowest BCUT2D eigenvalue weighted by Gasteiger charge is -2.35. The highest BCUT2D eigenvalue weighted by molar-refractivity contribution is 7.92. The fourth-order valence-corrected chi connectivity index (χ4v) is 6.67. The van der Waals surface area contributed by atoms with Crippen molar-refractivity contribution in [3.63, 3.8) is 0 Å². The Labute approximate surface area is 276 Å². The van der Waals surface area contributed by atoms with Crippen LogP contribution in [0.15, 0.2) is 59.5 Å². The van der Waals surface area contributed by atoms with Gasteiger partial charge in [0.05, 0.1) is 34.8 Å². The van der Waals surface area contributed by atoms with Gasteiger partial charge in [-0.3, -0.25) is 13.9 Å². The van der Waals surface area contributed by atoms with E-state index in [0.717, 1.165) is 15.4 Å². The first-order chi connectivity index (χ1) is 21.0. The van der Waals surface area contributed by atoms with E-state index in [1.54, 1.807) is 37.3 Å². The Kier molecular flexibility index (Phi) is 11.8. The molecule has 0 fully saturated rings. The first-order valence-corrected chi connectivity index (χ1v) is 16.6. The summed E-state index contributed by atoms with van der Waals surface area (Å²) in [5.41, 5.74) is 1.99. The Morgan fingerprint density at radius 3 is 2.04 bits per heavy atom. The lowest BCUT2D eigenvalue weighted by atomic mass is 10.1. The maximum atomic E-state index is 14.4. The van der Waals surface area contributed by atoms with Gasteiger partial charge in [0, 0.05) is 18.2 Å². The van der Waals surface area contributed by atoms with Gasteiger partial charge in [-0.05, 0) is 94.1 Å². The van der Waals surface area contributed by atoms with Crippen molar-refractivity contribution in [2.45, 2.75) is 71.0 Å². The van der Waals surface area contributed by atoms with Crippen LogP contribution in [0.4, 0.5) is 5.69 Å². The molecule has 0 saturated heterocycles. The third-order valence-electron chi connectivity index (χ3n) is 6.94. The number of nitrogens with one attached hydrogen (secondary N) is 1. The molecule has 0 aromatic heterocycles. The lowest BCUT2D eigenvalue weighted by Crippen LogP contribution is -2.55.